The van der Waals surface area contributed by atoms with Crippen LogP contribution >= 0.6 is 11.3 Å². The summed E-state index contributed by atoms with van der Waals surface area (Å²) in [5, 5.41) is 2.20. The Labute approximate surface area is 215 Å². The number of fused-ring (bicyclic) bond motifs is 1. The van der Waals surface area contributed by atoms with Crippen LogP contribution in [0.15, 0.2) is 41.8 Å². The van der Waals surface area contributed by atoms with Crippen molar-refractivity contribution in [3.05, 3.63) is 57.8 Å². The van der Waals surface area contributed by atoms with Gasteiger partial charge in [0.15, 0.2) is 0 Å². The van der Waals surface area contributed by atoms with Crippen molar-refractivity contribution in [2.24, 2.45) is 5.92 Å². The molecule has 1 saturated heterocycles. The SMILES string of the molecule is CCCCC(CC)C(=O)N1CCN(C(=O)CCN2CCc3sccc3C2c2ccccc2)CC1C. The Morgan fingerprint density at radius 2 is 1.89 bits per heavy atom. The van der Waals surface area contributed by atoms with Crippen LogP contribution in [0.1, 0.15) is 74.9 Å². The Morgan fingerprint density at radius 1 is 1.09 bits per heavy atom. The number of nitrogens with zero attached hydrogens (tertiary/aromatic N) is 3. The molecule has 0 saturated carbocycles. The molecule has 190 valence electrons. The van der Waals surface area contributed by atoms with Gasteiger partial charge in [-0.25, -0.2) is 0 Å². The molecule has 2 aliphatic rings. The van der Waals surface area contributed by atoms with Gasteiger partial charge in [0, 0.05) is 56.0 Å². The van der Waals surface area contributed by atoms with E-state index in [1.54, 1.807) is 0 Å². The Bertz CT molecular complexity index is 975. The van der Waals surface area contributed by atoms with E-state index in [1.165, 1.54) is 16.0 Å². The van der Waals surface area contributed by atoms with E-state index in [2.05, 4.69) is 67.4 Å². The van der Waals surface area contributed by atoms with E-state index in [4.69, 9.17) is 0 Å². The van der Waals surface area contributed by atoms with E-state index in [0.717, 1.165) is 45.2 Å². The topological polar surface area (TPSA) is 43.9 Å². The first-order valence-corrected chi connectivity index (χ1v) is 14.3. The first-order chi connectivity index (χ1) is 17.0. The van der Waals surface area contributed by atoms with Crippen LogP contribution in [0.2, 0.25) is 0 Å². The molecule has 0 radical (unpaired) electrons. The molecular formula is C29H41N3O2S. The van der Waals surface area contributed by atoms with Crippen LogP contribution in [0.25, 0.3) is 0 Å². The highest BCUT2D eigenvalue weighted by Gasteiger charge is 2.34. The third kappa shape index (κ3) is 5.97. The van der Waals surface area contributed by atoms with Crippen molar-refractivity contribution < 1.29 is 9.59 Å². The summed E-state index contributed by atoms with van der Waals surface area (Å²) < 4.78 is 0. The number of piperazine rings is 1. The molecule has 0 bridgehead atoms. The van der Waals surface area contributed by atoms with Crippen molar-refractivity contribution in [1.82, 2.24) is 14.7 Å². The van der Waals surface area contributed by atoms with E-state index in [-0.39, 0.29) is 29.8 Å². The van der Waals surface area contributed by atoms with Crippen molar-refractivity contribution in [1.29, 1.82) is 0 Å². The minimum atomic E-state index is 0.0799. The number of rotatable bonds is 9. The van der Waals surface area contributed by atoms with E-state index >= 15 is 0 Å². The number of carbonyl (C=O) groups excluding carboxylic acids is 2. The standard InChI is InChI=1S/C29H41N3O2S/c1-4-6-10-23(5-2)29(34)32-19-18-31(21-22(32)3)27(33)14-17-30-16-13-26-25(15-20-35-26)28(30)24-11-8-7-9-12-24/h7-9,11-12,15,20,22-23,28H,4-6,10,13-14,16-19,21H2,1-3H3. The van der Waals surface area contributed by atoms with E-state index in [9.17, 15) is 9.59 Å². The van der Waals surface area contributed by atoms with Crippen molar-refractivity contribution in [2.75, 3.05) is 32.7 Å². The molecule has 0 aliphatic carbocycles. The number of thiophene rings is 1. The summed E-state index contributed by atoms with van der Waals surface area (Å²) in [6, 6.07) is 13.2. The summed E-state index contributed by atoms with van der Waals surface area (Å²) in [5.74, 6) is 0.617. The van der Waals surface area contributed by atoms with Gasteiger partial charge in [-0.1, -0.05) is 57.0 Å². The molecule has 2 amide bonds. The highest BCUT2D eigenvalue weighted by molar-refractivity contribution is 7.10. The van der Waals surface area contributed by atoms with Crippen LogP contribution in [0.5, 0.6) is 0 Å². The van der Waals surface area contributed by atoms with Gasteiger partial charge in [-0.2, -0.15) is 0 Å². The van der Waals surface area contributed by atoms with Crippen molar-refractivity contribution >= 4 is 23.2 Å². The van der Waals surface area contributed by atoms with Crippen LogP contribution < -0.4 is 0 Å². The molecule has 3 heterocycles. The number of hydrogen-bond acceptors (Lipinski definition) is 4. The zero-order chi connectivity index (χ0) is 24.8. The smallest absolute Gasteiger partial charge is 0.226 e. The monoisotopic (exact) mass is 495 g/mol. The van der Waals surface area contributed by atoms with Crippen LogP contribution in [0, 0.1) is 5.92 Å². The predicted octanol–water partition coefficient (Wildman–Crippen LogP) is 5.36. The van der Waals surface area contributed by atoms with Crippen molar-refractivity contribution in [2.45, 2.75) is 71.4 Å². The van der Waals surface area contributed by atoms with Crippen molar-refractivity contribution in [3.63, 3.8) is 0 Å². The minimum Gasteiger partial charge on any atom is -0.339 e. The molecule has 3 atom stereocenters. The maximum atomic E-state index is 13.2. The molecule has 4 rings (SSSR count). The van der Waals surface area contributed by atoms with Crippen LogP contribution in [-0.2, 0) is 16.0 Å². The maximum absolute atomic E-state index is 13.2. The van der Waals surface area contributed by atoms with E-state index < -0.39 is 0 Å². The van der Waals surface area contributed by atoms with Gasteiger partial charge < -0.3 is 9.80 Å². The summed E-state index contributed by atoms with van der Waals surface area (Å²) in [6.45, 7) is 10.1. The van der Waals surface area contributed by atoms with Crippen molar-refractivity contribution in [3.8, 4) is 0 Å². The fourth-order valence-electron chi connectivity index (χ4n) is 5.73. The van der Waals surface area contributed by atoms with E-state index in [0.29, 0.717) is 26.1 Å². The molecule has 1 aromatic carbocycles. The molecule has 5 nitrogen and oxygen atoms in total. The summed E-state index contributed by atoms with van der Waals surface area (Å²) in [7, 11) is 0. The highest BCUT2D eigenvalue weighted by atomic mass is 32.1. The molecule has 35 heavy (non-hydrogen) atoms. The van der Waals surface area contributed by atoms with Gasteiger partial charge in [-0.15, -0.1) is 11.3 Å². The third-order valence-electron chi connectivity index (χ3n) is 7.81. The van der Waals surface area contributed by atoms with Crippen LogP contribution in [-0.4, -0.2) is 65.3 Å². The summed E-state index contributed by atoms with van der Waals surface area (Å²) >= 11 is 1.85. The van der Waals surface area contributed by atoms with Gasteiger partial charge >= 0.3 is 0 Å². The lowest BCUT2D eigenvalue weighted by atomic mass is 9.93. The third-order valence-corrected chi connectivity index (χ3v) is 8.80. The largest absolute Gasteiger partial charge is 0.339 e. The van der Waals surface area contributed by atoms with E-state index in [1.807, 2.05) is 21.1 Å². The van der Waals surface area contributed by atoms with Crippen LogP contribution in [0.4, 0.5) is 0 Å². The molecule has 1 aromatic heterocycles. The molecule has 3 unspecified atom stereocenters. The summed E-state index contributed by atoms with van der Waals surface area (Å²) in [4.78, 5) is 34.3. The van der Waals surface area contributed by atoms with Gasteiger partial charge in [0.2, 0.25) is 11.8 Å². The Balaban J connectivity index is 1.35. The number of benzene rings is 1. The normalized spacial score (nSPS) is 21.6. The molecule has 1 fully saturated rings. The zero-order valence-electron chi connectivity index (χ0n) is 21.6. The number of amides is 2. The second-order valence-electron chi connectivity index (χ2n) is 10.1. The molecule has 6 heteroatoms. The minimum absolute atomic E-state index is 0.0799. The van der Waals surface area contributed by atoms with Gasteiger partial charge in [-0.05, 0) is 48.8 Å². The first-order valence-electron chi connectivity index (χ1n) is 13.5. The number of hydrogen-bond donors (Lipinski definition) is 0. The van der Waals surface area contributed by atoms with Crippen LogP contribution in [0.3, 0.4) is 0 Å². The second-order valence-corrected chi connectivity index (χ2v) is 11.1. The molecule has 2 aromatic rings. The van der Waals surface area contributed by atoms with Gasteiger partial charge in [-0.3, -0.25) is 14.5 Å². The first kappa shape index (κ1) is 25.9. The lowest BCUT2D eigenvalue weighted by Crippen LogP contribution is -2.56. The Hall–Kier alpha value is -2.18. The predicted molar refractivity (Wildman–Crippen MR) is 144 cm³/mol. The molecule has 0 spiro atoms. The molecular weight excluding hydrogens is 454 g/mol. The number of unbranched alkanes of at least 4 members (excludes halogenated alkanes) is 1. The zero-order valence-corrected chi connectivity index (χ0v) is 22.4. The average molecular weight is 496 g/mol. The second kappa shape index (κ2) is 12.2. The average Bonchev–Trinajstić information content (AvgIpc) is 3.36. The van der Waals surface area contributed by atoms with Gasteiger partial charge in [0.25, 0.3) is 0 Å². The number of carbonyl (C=O) groups is 2. The fraction of sp³-hybridized carbons (Fsp3) is 0.586. The lowest BCUT2D eigenvalue weighted by Gasteiger charge is -2.42. The quantitative estimate of drug-likeness (QED) is 0.470. The lowest BCUT2D eigenvalue weighted by molar-refractivity contribution is -0.145. The fourth-order valence-corrected chi connectivity index (χ4v) is 6.63. The van der Waals surface area contributed by atoms with Gasteiger partial charge in [0.05, 0.1) is 6.04 Å². The molecule has 2 aliphatic heterocycles. The Morgan fingerprint density at radius 3 is 2.60 bits per heavy atom. The Kier molecular flexibility index (Phi) is 9.01. The van der Waals surface area contributed by atoms with Gasteiger partial charge in [0.1, 0.15) is 0 Å². The summed E-state index contributed by atoms with van der Waals surface area (Å²) in [6.07, 6.45) is 5.68. The summed E-state index contributed by atoms with van der Waals surface area (Å²) in [5.41, 5.74) is 2.70. The highest BCUT2D eigenvalue weighted by Crippen LogP contribution is 2.37. The molecule has 0 N–H and O–H groups in total. The maximum Gasteiger partial charge on any atom is 0.226 e.